The molecule has 7 amide bonds. The average Bonchev–Trinajstić information content (AvgIpc) is 3.87. The molecule has 0 radical (unpaired) electrons. The van der Waals surface area contributed by atoms with Crippen LogP contribution in [0.4, 0.5) is 14.9 Å². The van der Waals surface area contributed by atoms with E-state index in [4.69, 9.17) is 16.3 Å². The number of hydrogen-bond donors (Lipinski definition) is 4. The number of cyclic esters (lactones) is 1. The van der Waals surface area contributed by atoms with Gasteiger partial charge in [0.15, 0.2) is 0 Å². The molecule has 2 aromatic carbocycles. The maximum Gasteiger partial charge on any atom is 0.328 e. The molecule has 4 heterocycles. The number of halogens is 2. The number of benzene rings is 2. The van der Waals surface area contributed by atoms with Crippen molar-refractivity contribution in [3.05, 3.63) is 64.4 Å². The zero-order chi connectivity index (χ0) is 40.1. The molecule has 56 heavy (non-hydrogen) atoms. The molecule has 17 heteroatoms. The molecule has 0 aliphatic carbocycles. The van der Waals surface area contributed by atoms with Gasteiger partial charge in [-0.2, -0.15) is 0 Å². The first kappa shape index (κ1) is 40.4. The van der Waals surface area contributed by atoms with Crippen molar-refractivity contribution in [1.29, 1.82) is 0 Å². The van der Waals surface area contributed by atoms with Gasteiger partial charge in [-0.05, 0) is 82.6 Å². The Morgan fingerprint density at radius 2 is 1.55 bits per heavy atom. The molecule has 0 saturated carbocycles. The highest BCUT2D eigenvalue weighted by Gasteiger charge is 2.45. The van der Waals surface area contributed by atoms with Gasteiger partial charge < -0.3 is 40.7 Å². The molecule has 4 fully saturated rings. The molecule has 4 aliphatic heterocycles. The van der Waals surface area contributed by atoms with Crippen molar-refractivity contribution in [3.63, 3.8) is 0 Å². The third kappa shape index (κ3) is 9.23. The van der Waals surface area contributed by atoms with Crippen molar-refractivity contribution in [3.8, 4) is 0 Å². The Morgan fingerprint density at radius 1 is 0.875 bits per heavy atom. The van der Waals surface area contributed by atoms with E-state index in [-0.39, 0.29) is 36.8 Å². The van der Waals surface area contributed by atoms with Crippen LogP contribution in [0, 0.1) is 12.7 Å². The van der Waals surface area contributed by atoms with E-state index >= 15 is 0 Å². The van der Waals surface area contributed by atoms with E-state index in [1.807, 2.05) is 19.1 Å². The maximum atomic E-state index is 14.6. The summed E-state index contributed by atoms with van der Waals surface area (Å²) in [5.74, 6) is -4.49. The maximum absolute atomic E-state index is 14.6. The zero-order valence-electron chi connectivity index (χ0n) is 31.4. The molecule has 2 aromatic rings. The fourth-order valence-corrected chi connectivity index (χ4v) is 8.10. The van der Waals surface area contributed by atoms with Crippen LogP contribution >= 0.6 is 11.6 Å². The Labute approximate surface area is 329 Å². The van der Waals surface area contributed by atoms with Crippen molar-refractivity contribution in [2.45, 2.75) is 101 Å². The van der Waals surface area contributed by atoms with E-state index in [2.05, 4.69) is 21.3 Å². The monoisotopic (exact) mass is 795 g/mol. The predicted octanol–water partition coefficient (Wildman–Crippen LogP) is 2.43. The molecular formula is C39H47ClFN7O8. The summed E-state index contributed by atoms with van der Waals surface area (Å²) >= 11 is 5.86. The molecule has 0 unspecified atom stereocenters. The molecule has 6 rings (SSSR count). The van der Waals surface area contributed by atoms with E-state index in [9.17, 15) is 38.0 Å². The van der Waals surface area contributed by atoms with Gasteiger partial charge in [-0.25, -0.2) is 14.0 Å². The number of carbonyl (C=O) groups excluding carboxylic acids is 7. The van der Waals surface area contributed by atoms with Crippen LogP contribution in [0.25, 0.3) is 0 Å². The molecule has 15 nitrogen and oxygen atoms in total. The van der Waals surface area contributed by atoms with Crippen LogP contribution in [0.3, 0.4) is 0 Å². The van der Waals surface area contributed by atoms with Crippen LogP contribution in [0.1, 0.15) is 63.0 Å². The van der Waals surface area contributed by atoms with Crippen molar-refractivity contribution < 1.29 is 42.7 Å². The van der Waals surface area contributed by atoms with Gasteiger partial charge in [0.05, 0.1) is 5.69 Å². The first-order valence-corrected chi connectivity index (χ1v) is 19.5. The molecule has 300 valence electrons. The van der Waals surface area contributed by atoms with Crippen molar-refractivity contribution in [2.24, 2.45) is 0 Å². The Hall–Kier alpha value is -5.25. The summed E-state index contributed by atoms with van der Waals surface area (Å²) in [5, 5.41) is 10.5. The summed E-state index contributed by atoms with van der Waals surface area (Å²) in [4.78, 5) is 101. The number of ether oxygens (including phenoxy) is 1. The van der Waals surface area contributed by atoms with Gasteiger partial charge in [0.1, 0.15) is 48.7 Å². The summed E-state index contributed by atoms with van der Waals surface area (Å²) in [6, 6.07) is 3.40. The summed E-state index contributed by atoms with van der Waals surface area (Å²) in [6.07, 6.45) is 3.25. The molecule has 6 atom stereocenters. The highest BCUT2D eigenvalue weighted by molar-refractivity contribution is 6.30. The second-order valence-corrected chi connectivity index (χ2v) is 15.2. The quantitative estimate of drug-likeness (QED) is 0.321. The van der Waals surface area contributed by atoms with E-state index < -0.39 is 90.2 Å². The average molecular weight is 796 g/mol. The van der Waals surface area contributed by atoms with Crippen molar-refractivity contribution >= 4 is 58.8 Å². The van der Waals surface area contributed by atoms with E-state index in [0.717, 1.165) is 11.6 Å². The van der Waals surface area contributed by atoms with Crippen molar-refractivity contribution in [1.82, 2.24) is 30.7 Å². The van der Waals surface area contributed by atoms with Gasteiger partial charge in [0, 0.05) is 31.1 Å². The van der Waals surface area contributed by atoms with Gasteiger partial charge in [-0.3, -0.25) is 24.0 Å². The van der Waals surface area contributed by atoms with Gasteiger partial charge in [-0.15, -0.1) is 0 Å². The highest BCUT2D eigenvalue weighted by atomic mass is 35.5. The topological polar surface area (TPSA) is 187 Å². The number of amides is 7. The summed E-state index contributed by atoms with van der Waals surface area (Å²) in [5.41, 5.74) is 1.37. The molecule has 4 aliphatic rings. The minimum atomic E-state index is -1.50. The molecule has 0 spiro atoms. The minimum Gasteiger partial charge on any atom is -0.461 e. The standard InChI is InChI=1S/C39H47ClFN7O8/c1-22-8-5-9-24(18-22)19-28(45-39(55)44-27-14-13-25(40)20-26(27)41)33(49)43-29-21-56-38(54)32-12-7-17-48(32)35(51)23(2)42-34(50)30-10-3-4-15-46(30)37(53)31-11-6-16-47(31)36(29)52/h5,8-9,13-14,18,20,23,28-32H,3-4,6-7,10-12,15-17,19,21H2,1-2H3,(H,42,50)(H,43,49)(H2,44,45,55)/t23-,28-,29-,30-,31-,32-/m0/s1. The third-order valence-electron chi connectivity index (χ3n) is 10.8. The minimum absolute atomic E-state index is 0.0364. The fourth-order valence-electron chi connectivity index (χ4n) is 7.94. The predicted molar refractivity (Wildman–Crippen MR) is 202 cm³/mol. The Bertz CT molecular complexity index is 1880. The first-order valence-electron chi connectivity index (χ1n) is 19.1. The summed E-state index contributed by atoms with van der Waals surface area (Å²) < 4.78 is 20.2. The van der Waals surface area contributed by atoms with Crippen LogP contribution in [-0.4, -0.2) is 119 Å². The number of hydrogen-bond acceptors (Lipinski definition) is 8. The Balaban J connectivity index is 1.30. The summed E-state index contributed by atoms with van der Waals surface area (Å²) in [6.45, 7) is 3.47. The lowest BCUT2D eigenvalue weighted by molar-refractivity contribution is -0.158. The number of fused-ring (bicyclic) bond motifs is 3. The largest absolute Gasteiger partial charge is 0.461 e. The van der Waals surface area contributed by atoms with Crippen LogP contribution in [0.5, 0.6) is 0 Å². The lowest BCUT2D eigenvalue weighted by atomic mass is 9.99. The van der Waals surface area contributed by atoms with Gasteiger partial charge >= 0.3 is 12.0 Å². The number of urea groups is 1. The van der Waals surface area contributed by atoms with Crippen molar-refractivity contribution in [2.75, 3.05) is 31.6 Å². The Morgan fingerprint density at radius 3 is 2.29 bits per heavy atom. The number of esters is 1. The summed E-state index contributed by atoms with van der Waals surface area (Å²) in [7, 11) is 0. The van der Waals surface area contributed by atoms with Crippen LogP contribution < -0.4 is 21.3 Å². The number of nitrogens with one attached hydrogen (secondary N) is 4. The highest BCUT2D eigenvalue weighted by Crippen LogP contribution is 2.27. The second kappa shape index (κ2) is 17.7. The molecule has 0 bridgehead atoms. The van der Waals surface area contributed by atoms with E-state index in [1.165, 1.54) is 33.8 Å². The number of rotatable bonds is 6. The van der Waals surface area contributed by atoms with Crippen LogP contribution in [0.2, 0.25) is 5.02 Å². The van der Waals surface area contributed by atoms with Gasteiger partial charge in [0.2, 0.25) is 29.5 Å². The van der Waals surface area contributed by atoms with E-state index in [0.29, 0.717) is 50.5 Å². The lowest BCUT2D eigenvalue weighted by Crippen LogP contribution is -2.62. The molecule has 4 N–H and O–H groups in total. The van der Waals surface area contributed by atoms with Crippen LogP contribution in [0.15, 0.2) is 42.5 Å². The smallest absolute Gasteiger partial charge is 0.328 e. The number of aryl methyl sites for hydroxylation is 1. The fraction of sp³-hybridized carbons (Fsp3) is 0.513. The van der Waals surface area contributed by atoms with E-state index in [1.54, 1.807) is 12.1 Å². The van der Waals surface area contributed by atoms with Gasteiger partial charge in [-0.1, -0.05) is 41.4 Å². The first-order chi connectivity index (χ1) is 26.8. The molecule has 0 aromatic heterocycles. The number of carbonyl (C=O) groups is 7. The number of piperidine rings is 1. The van der Waals surface area contributed by atoms with Gasteiger partial charge in [0.25, 0.3) is 0 Å². The third-order valence-corrected chi connectivity index (χ3v) is 11.0. The number of anilines is 1. The number of nitrogens with zero attached hydrogens (tertiary/aromatic N) is 3. The molecule has 4 saturated heterocycles. The van der Waals surface area contributed by atoms with Crippen LogP contribution in [-0.2, 0) is 39.9 Å². The molecular weight excluding hydrogens is 749 g/mol. The normalized spacial score (nSPS) is 25.4. The second-order valence-electron chi connectivity index (χ2n) is 14.8. The SMILES string of the molecule is Cc1cccc(C[C@H](NC(=O)Nc2ccc(Cl)cc2F)C(=O)N[C@H]2COC(=O)[C@@H]3CCCN3C(=O)[C@H](C)NC(=O)[C@@H]3CCCCN3C(=O)[C@@H]3CCCN3C2=O)c1. The Kier molecular flexibility index (Phi) is 12.8. The lowest BCUT2D eigenvalue weighted by Gasteiger charge is -2.39. The zero-order valence-corrected chi connectivity index (χ0v) is 32.1.